The molecule has 0 unspecified atom stereocenters. The van der Waals surface area contributed by atoms with Crippen molar-refractivity contribution >= 4 is 44.3 Å². The van der Waals surface area contributed by atoms with E-state index in [-0.39, 0.29) is 22.8 Å². The normalized spacial score (nSPS) is 13.8. The van der Waals surface area contributed by atoms with Crippen LogP contribution in [-0.4, -0.2) is 60.3 Å². The monoisotopic (exact) mass is 484 g/mol. The molecule has 0 aromatic heterocycles. The summed E-state index contributed by atoms with van der Waals surface area (Å²) in [6.07, 6.45) is 2.12. The summed E-state index contributed by atoms with van der Waals surface area (Å²) < 4.78 is 62.7. The third-order valence-electron chi connectivity index (χ3n) is 3.53. The van der Waals surface area contributed by atoms with Gasteiger partial charge in [-0.05, 0) is 47.5 Å². The second kappa shape index (κ2) is 9.52. The van der Waals surface area contributed by atoms with Gasteiger partial charge in [0.15, 0.2) is 11.7 Å². The van der Waals surface area contributed by atoms with Crippen molar-refractivity contribution in [1.29, 1.82) is 0 Å². The Morgan fingerprint density at radius 1 is 0.719 bits per heavy atom. The highest BCUT2D eigenvalue weighted by Gasteiger charge is 2.16. The molecular formula is C16H16N6O8S2. The number of nitrogens with two attached hydrogens (primary N) is 2. The minimum atomic E-state index is -4.65. The average Bonchev–Trinajstić information content (AvgIpc) is 2.68. The third kappa shape index (κ3) is 6.57. The van der Waals surface area contributed by atoms with Gasteiger partial charge in [0.2, 0.25) is 0 Å². The number of benzene rings is 2. The van der Waals surface area contributed by atoms with Crippen LogP contribution in [0.3, 0.4) is 0 Å². The fourth-order valence-corrected chi connectivity index (χ4v) is 3.29. The minimum Gasteiger partial charge on any atom is -0.506 e. The van der Waals surface area contributed by atoms with Crippen LogP contribution in [0.4, 0.5) is 0 Å². The van der Waals surface area contributed by atoms with E-state index in [2.05, 4.69) is 20.4 Å². The second-order valence-electron chi connectivity index (χ2n) is 5.86. The van der Waals surface area contributed by atoms with E-state index in [9.17, 15) is 27.0 Å². The van der Waals surface area contributed by atoms with Crippen molar-refractivity contribution in [2.24, 2.45) is 31.9 Å². The topological polar surface area (TPSA) is 251 Å². The van der Waals surface area contributed by atoms with Crippen LogP contribution in [-0.2, 0) is 20.2 Å². The van der Waals surface area contributed by atoms with E-state index < -0.39 is 41.5 Å². The zero-order chi connectivity index (χ0) is 24.1. The number of hydrogen-bond donors (Lipinski definition) is 6. The van der Waals surface area contributed by atoms with Gasteiger partial charge in [-0.15, -0.1) is 10.2 Å². The highest BCUT2D eigenvalue weighted by molar-refractivity contribution is 7.86. The zero-order valence-corrected chi connectivity index (χ0v) is 17.4. The minimum absolute atomic E-state index is 0.155. The summed E-state index contributed by atoms with van der Waals surface area (Å²) in [5.41, 5.74) is 11.5. The Morgan fingerprint density at radius 3 is 1.38 bits per heavy atom. The number of amidine groups is 2. The molecule has 0 heterocycles. The Balaban J connectivity index is 2.16. The lowest BCUT2D eigenvalue weighted by Gasteiger charge is -2.01. The molecule has 0 aliphatic rings. The van der Waals surface area contributed by atoms with Crippen LogP contribution >= 0.6 is 0 Å². The molecule has 2 aromatic rings. The number of hydrogen-bond acceptors (Lipinski definition) is 10. The van der Waals surface area contributed by atoms with Crippen LogP contribution in [0.25, 0.3) is 0 Å². The van der Waals surface area contributed by atoms with Gasteiger partial charge < -0.3 is 21.7 Å². The maximum Gasteiger partial charge on any atom is 0.298 e. The van der Waals surface area contributed by atoms with E-state index in [4.69, 9.17) is 20.6 Å². The Kier molecular flexibility index (Phi) is 7.26. The van der Waals surface area contributed by atoms with Crippen molar-refractivity contribution in [2.75, 3.05) is 0 Å². The molecule has 0 saturated heterocycles. The molecule has 32 heavy (non-hydrogen) atoms. The predicted octanol–water partition coefficient (Wildman–Crippen LogP) is -0.326. The SMILES string of the molecule is NC(=NN=Cc1ccc(O)c(S(=O)(=O)O)c1)C(N)=NN=Cc1ccc(O)c(S(=O)(=O)O)c1. The molecule has 0 atom stereocenters. The standard InChI is InChI=1S/C16H16N6O8S2/c17-15(21-19-7-9-1-3-11(23)13(5-9)31(25,26)27)16(18)22-20-8-10-2-4-12(24)14(6-10)32(28,29)30/h1-8,23-24H,(H2,17,21)(H2,18,22)(H,25,26,27)(H,28,29,30). The third-order valence-corrected chi connectivity index (χ3v) is 5.30. The van der Waals surface area contributed by atoms with Gasteiger partial charge in [-0.25, -0.2) is 0 Å². The lowest BCUT2D eigenvalue weighted by Crippen LogP contribution is -2.30. The molecule has 0 fully saturated rings. The van der Waals surface area contributed by atoms with Crippen molar-refractivity contribution in [3.63, 3.8) is 0 Å². The fraction of sp³-hybridized carbons (Fsp3) is 0. The molecule has 0 radical (unpaired) electrons. The molecule has 8 N–H and O–H groups in total. The Hall–Kier alpha value is -3.86. The van der Waals surface area contributed by atoms with E-state index in [1.807, 2.05) is 0 Å². The van der Waals surface area contributed by atoms with Crippen LogP contribution in [0.15, 0.2) is 66.6 Å². The number of phenols is 2. The van der Waals surface area contributed by atoms with Crippen LogP contribution in [0.5, 0.6) is 11.5 Å². The van der Waals surface area contributed by atoms with Gasteiger partial charge in [-0.1, -0.05) is 0 Å². The first-order valence-electron chi connectivity index (χ1n) is 8.13. The number of aromatic hydroxyl groups is 2. The highest BCUT2D eigenvalue weighted by atomic mass is 32.2. The first-order valence-corrected chi connectivity index (χ1v) is 11.0. The van der Waals surface area contributed by atoms with E-state index in [1.165, 1.54) is 12.1 Å². The number of rotatable bonds is 6. The van der Waals surface area contributed by atoms with Crippen molar-refractivity contribution in [2.45, 2.75) is 9.79 Å². The average molecular weight is 484 g/mol. The first-order chi connectivity index (χ1) is 14.8. The first kappa shape index (κ1) is 24.4. The van der Waals surface area contributed by atoms with Crippen molar-refractivity contribution in [1.82, 2.24) is 0 Å². The smallest absolute Gasteiger partial charge is 0.298 e. The van der Waals surface area contributed by atoms with Crippen LogP contribution in [0.2, 0.25) is 0 Å². The summed E-state index contributed by atoms with van der Waals surface area (Å²) in [6, 6.07) is 6.52. The Labute approximate surface area is 181 Å². The maximum absolute atomic E-state index is 11.2. The summed E-state index contributed by atoms with van der Waals surface area (Å²) >= 11 is 0. The quantitative estimate of drug-likeness (QED) is 0.135. The zero-order valence-electron chi connectivity index (χ0n) is 15.8. The van der Waals surface area contributed by atoms with Crippen molar-refractivity contribution in [3.8, 4) is 11.5 Å². The molecule has 16 heteroatoms. The molecule has 0 saturated carbocycles. The summed E-state index contributed by atoms with van der Waals surface area (Å²) in [5, 5.41) is 33.1. The van der Waals surface area contributed by atoms with E-state index in [1.54, 1.807) is 0 Å². The number of nitrogens with zero attached hydrogens (tertiary/aromatic N) is 4. The second-order valence-corrected chi connectivity index (χ2v) is 8.64. The lowest BCUT2D eigenvalue weighted by atomic mass is 10.2. The largest absolute Gasteiger partial charge is 0.506 e. The molecule has 0 bridgehead atoms. The van der Waals surface area contributed by atoms with Crippen LogP contribution in [0, 0.1) is 0 Å². The van der Waals surface area contributed by atoms with Gasteiger partial charge in [0.05, 0.1) is 12.4 Å². The molecular weight excluding hydrogens is 468 g/mol. The lowest BCUT2D eigenvalue weighted by molar-refractivity contribution is 0.441. The molecule has 0 amide bonds. The van der Waals surface area contributed by atoms with Gasteiger partial charge in [0, 0.05) is 0 Å². The molecule has 170 valence electrons. The Bertz CT molecular complexity index is 1260. The van der Waals surface area contributed by atoms with Gasteiger partial charge in [0.25, 0.3) is 20.2 Å². The fourth-order valence-electron chi connectivity index (χ4n) is 2.05. The van der Waals surface area contributed by atoms with E-state index in [0.29, 0.717) is 0 Å². The van der Waals surface area contributed by atoms with Gasteiger partial charge in [-0.2, -0.15) is 27.0 Å². The van der Waals surface area contributed by atoms with Gasteiger partial charge in [-0.3, -0.25) is 9.11 Å². The van der Waals surface area contributed by atoms with Crippen LogP contribution in [0.1, 0.15) is 11.1 Å². The van der Waals surface area contributed by atoms with Gasteiger partial charge >= 0.3 is 0 Å². The summed E-state index contributed by atoms with van der Waals surface area (Å²) in [4.78, 5) is -1.44. The molecule has 2 aromatic carbocycles. The molecule has 0 spiro atoms. The predicted molar refractivity (Wildman–Crippen MR) is 114 cm³/mol. The summed E-state index contributed by atoms with van der Waals surface area (Å²) in [6.45, 7) is 0. The van der Waals surface area contributed by atoms with Crippen molar-refractivity contribution in [3.05, 3.63) is 47.5 Å². The highest BCUT2D eigenvalue weighted by Crippen LogP contribution is 2.23. The summed E-state index contributed by atoms with van der Waals surface area (Å²) in [7, 11) is -9.29. The van der Waals surface area contributed by atoms with Crippen molar-refractivity contribution < 1.29 is 36.2 Å². The molecule has 0 aliphatic carbocycles. The van der Waals surface area contributed by atoms with Gasteiger partial charge in [0.1, 0.15) is 21.3 Å². The summed E-state index contributed by atoms with van der Waals surface area (Å²) in [5.74, 6) is -2.06. The number of phenolic OH excluding ortho intramolecular Hbond substituents is 2. The maximum atomic E-state index is 11.2. The van der Waals surface area contributed by atoms with E-state index in [0.717, 1.165) is 36.7 Å². The van der Waals surface area contributed by atoms with Crippen LogP contribution < -0.4 is 11.5 Å². The Morgan fingerprint density at radius 2 is 1.06 bits per heavy atom. The molecule has 0 aliphatic heterocycles. The van der Waals surface area contributed by atoms with E-state index >= 15 is 0 Å². The molecule has 14 nitrogen and oxygen atoms in total. The molecule has 2 rings (SSSR count).